The van der Waals surface area contributed by atoms with Crippen molar-refractivity contribution in [1.29, 1.82) is 0 Å². The molecule has 0 N–H and O–H groups in total. The lowest BCUT2D eigenvalue weighted by Gasteiger charge is -2.12. The highest BCUT2D eigenvalue weighted by Gasteiger charge is 2.13. The SMILES string of the molecule is C1CCCCC1.CC.CC.CCCCC(=O)CCCCC(CCCC)C(C)=O. The van der Waals surface area contributed by atoms with Gasteiger partial charge >= 0.3 is 0 Å². The van der Waals surface area contributed by atoms with E-state index in [9.17, 15) is 9.59 Å². The van der Waals surface area contributed by atoms with Crippen molar-refractivity contribution in [3.8, 4) is 0 Å². The molecule has 1 saturated carbocycles. The topological polar surface area (TPSA) is 34.1 Å². The third-order valence-corrected chi connectivity index (χ3v) is 5.05. The monoisotopic (exact) mass is 398 g/mol. The summed E-state index contributed by atoms with van der Waals surface area (Å²) in [6.07, 6.45) is 18.8. The van der Waals surface area contributed by atoms with Gasteiger partial charge in [-0.3, -0.25) is 9.59 Å². The molecule has 0 aromatic carbocycles. The third-order valence-electron chi connectivity index (χ3n) is 5.05. The summed E-state index contributed by atoms with van der Waals surface area (Å²) in [5, 5.41) is 0. The molecule has 1 aliphatic carbocycles. The van der Waals surface area contributed by atoms with Crippen molar-refractivity contribution < 1.29 is 9.59 Å². The van der Waals surface area contributed by atoms with E-state index in [-0.39, 0.29) is 5.92 Å². The fourth-order valence-electron chi connectivity index (χ4n) is 3.27. The van der Waals surface area contributed by atoms with Crippen LogP contribution in [0.3, 0.4) is 0 Å². The van der Waals surface area contributed by atoms with Gasteiger partial charge in [-0.25, -0.2) is 0 Å². The van der Waals surface area contributed by atoms with E-state index in [1.807, 2.05) is 27.7 Å². The molecular weight excluding hydrogens is 344 g/mol. The Hall–Kier alpha value is -0.660. The van der Waals surface area contributed by atoms with Gasteiger partial charge in [0, 0.05) is 18.8 Å². The van der Waals surface area contributed by atoms with Crippen LogP contribution < -0.4 is 0 Å². The highest BCUT2D eigenvalue weighted by atomic mass is 16.1. The molecule has 1 unspecified atom stereocenters. The van der Waals surface area contributed by atoms with Crippen LogP contribution in [0.15, 0.2) is 0 Å². The van der Waals surface area contributed by atoms with Crippen molar-refractivity contribution >= 4 is 11.6 Å². The van der Waals surface area contributed by atoms with Crippen LogP contribution in [-0.4, -0.2) is 11.6 Å². The summed E-state index contributed by atoms with van der Waals surface area (Å²) in [7, 11) is 0. The van der Waals surface area contributed by atoms with Gasteiger partial charge in [0.05, 0.1) is 0 Å². The first-order valence-electron chi connectivity index (χ1n) is 12.6. The smallest absolute Gasteiger partial charge is 0.132 e. The fraction of sp³-hybridized carbons (Fsp3) is 0.923. The summed E-state index contributed by atoms with van der Waals surface area (Å²) in [4.78, 5) is 22.9. The zero-order chi connectivity index (χ0) is 22.0. The maximum Gasteiger partial charge on any atom is 0.132 e. The lowest BCUT2D eigenvalue weighted by molar-refractivity contribution is -0.121. The normalized spacial score (nSPS) is 13.5. The molecule has 1 atom stereocenters. The highest BCUT2D eigenvalue weighted by Crippen LogP contribution is 2.18. The van der Waals surface area contributed by atoms with E-state index in [0.717, 1.165) is 57.8 Å². The average molecular weight is 399 g/mol. The Morgan fingerprint density at radius 2 is 1.04 bits per heavy atom. The molecule has 0 aliphatic heterocycles. The van der Waals surface area contributed by atoms with Crippen LogP contribution >= 0.6 is 0 Å². The number of carbonyl (C=O) groups excluding carboxylic acids is 2. The molecule has 2 heteroatoms. The molecule has 2 nitrogen and oxygen atoms in total. The molecule has 0 aromatic heterocycles. The minimum Gasteiger partial charge on any atom is -0.300 e. The van der Waals surface area contributed by atoms with Gasteiger partial charge in [-0.2, -0.15) is 0 Å². The maximum atomic E-state index is 11.5. The first kappa shape index (κ1) is 32.0. The molecule has 1 rings (SSSR count). The van der Waals surface area contributed by atoms with Crippen LogP contribution in [0.2, 0.25) is 0 Å². The molecule has 0 amide bonds. The van der Waals surface area contributed by atoms with Gasteiger partial charge in [0.2, 0.25) is 0 Å². The molecule has 170 valence electrons. The standard InChI is InChI=1S/C16H30O2.C6H12.2C2H6/c1-4-6-10-15(14(3)17)11-8-9-13-16(18)12-7-5-2;1-2-4-6-5-3-1;2*1-2/h15H,4-13H2,1-3H3;1-6H2;2*1-2H3. The molecule has 28 heavy (non-hydrogen) atoms. The van der Waals surface area contributed by atoms with E-state index in [0.29, 0.717) is 18.0 Å². The maximum absolute atomic E-state index is 11.5. The summed E-state index contributed by atoms with van der Waals surface area (Å²) >= 11 is 0. The zero-order valence-corrected chi connectivity index (χ0v) is 20.7. The van der Waals surface area contributed by atoms with Crippen molar-refractivity contribution in [1.82, 2.24) is 0 Å². The number of carbonyl (C=O) groups is 2. The number of Topliss-reactive ketones (excluding diaryl/α,β-unsaturated/α-hetero) is 2. The molecule has 1 aliphatic rings. The zero-order valence-electron chi connectivity index (χ0n) is 20.7. The quantitative estimate of drug-likeness (QED) is 0.307. The second-order valence-corrected chi connectivity index (χ2v) is 7.46. The minimum atomic E-state index is 0.232. The molecule has 0 bridgehead atoms. The molecule has 0 radical (unpaired) electrons. The predicted molar refractivity (Wildman–Crippen MR) is 127 cm³/mol. The van der Waals surface area contributed by atoms with E-state index in [2.05, 4.69) is 13.8 Å². The van der Waals surface area contributed by atoms with Gasteiger partial charge in [0.25, 0.3) is 0 Å². The van der Waals surface area contributed by atoms with Crippen LogP contribution in [0, 0.1) is 5.92 Å². The lowest BCUT2D eigenvalue weighted by atomic mass is 9.92. The van der Waals surface area contributed by atoms with Gasteiger partial charge in [-0.05, 0) is 32.6 Å². The molecule has 0 aromatic rings. The Morgan fingerprint density at radius 1 is 0.643 bits per heavy atom. The summed E-state index contributed by atoms with van der Waals surface area (Å²) < 4.78 is 0. The van der Waals surface area contributed by atoms with E-state index in [1.165, 1.54) is 38.5 Å². The second-order valence-electron chi connectivity index (χ2n) is 7.46. The van der Waals surface area contributed by atoms with Crippen molar-refractivity contribution in [3.63, 3.8) is 0 Å². The molecular formula is C26H54O2. The summed E-state index contributed by atoms with van der Waals surface area (Å²) in [5.74, 6) is 0.946. The van der Waals surface area contributed by atoms with Gasteiger partial charge in [0.15, 0.2) is 0 Å². The van der Waals surface area contributed by atoms with Crippen LogP contribution in [0.5, 0.6) is 0 Å². The van der Waals surface area contributed by atoms with Crippen LogP contribution in [0.25, 0.3) is 0 Å². The van der Waals surface area contributed by atoms with E-state index >= 15 is 0 Å². The minimum absolute atomic E-state index is 0.232. The number of hydrogen-bond donors (Lipinski definition) is 0. The van der Waals surface area contributed by atoms with E-state index in [1.54, 1.807) is 6.92 Å². The van der Waals surface area contributed by atoms with Crippen LogP contribution in [0.4, 0.5) is 0 Å². The largest absolute Gasteiger partial charge is 0.300 e. The fourth-order valence-corrected chi connectivity index (χ4v) is 3.27. The molecule has 0 spiro atoms. The van der Waals surface area contributed by atoms with Crippen molar-refractivity contribution in [2.75, 3.05) is 0 Å². The molecule has 1 fully saturated rings. The second kappa shape index (κ2) is 28.5. The van der Waals surface area contributed by atoms with Crippen LogP contribution in [0.1, 0.15) is 151 Å². The Bertz CT molecular complexity index is 294. The van der Waals surface area contributed by atoms with Crippen molar-refractivity contribution in [2.45, 2.75) is 151 Å². The van der Waals surface area contributed by atoms with Crippen LogP contribution in [-0.2, 0) is 9.59 Å². The highest BCUT2D eigenvalue weighted by molar-refractivity contribution is 5.78. The third kappa shape index (κ3) is 25.3. The van der Waals surface area contributed by atoms with E-state index < -0.39 is 0 Å². The average Bonchev–Trinajstić information content (AvgIpc) is 2.76. The van der Waals surface area contributed by atoms with Gasteiger partial charge in [-0.1, -0.05) is 106 Å². The Balaban J connectivity index is -0.000000512. The van der Waals surface area contributed by atoms with E-state index in [4.69, 9.17) is 0 Å². The number of hydrogen-bond acceptors (Lipinski definition) is 2. The Morgan fingerprint density at radius 3 is 1.43 bits per heavy atom. The molecule has 0 heterocycles. The Labute approximate surface area is 178 Å². The first-order chi connectivity index (χ1) is 13.6. The van der Waals surface area contributed by atoms with Gasteiger partial charge in [0.1, 0.15) is 11.6 Å². The van der Waals surface area contributed by atoms with Crippen molar-refractivity contribution in [2.24, 2.45) is 5.92 Å². The first-order valence-corrected chi connectivity index (χ1v) is 12.6. The summed E-state index contributed by atoms with van der Waals surface area (Å²) in [6, 6.07) is 0. The molecule has 0 saturated heterocycles. The summed E-state index contributed by atoms with van der Waals surface area (Å²) in [5.41, 5.74) is 0. The lowest BCUT2D eigenvalue weighted by Crippen LogP contribution is -2.11. The van der Waals surface area contributed by atoms with Gasteiger partial charge in [-0.15, -0.1) is 0 Å². The number of ketones is 2. The Kier molecular flexibility index (Phi) is 32.6. The number of rotatable bonds is 12. The van der Waals surface area contributed by atoms with Crippen molar-refractivity contribution in [3.05, 3.63) is 0 Å². The van der Waals surface area contributed by atoms with Gasteiger partial charge < -0.3 is 0 Å². The number of unbranched alkanes of at least 4 members (excludes halogenated alkanes) is 3. The summed E-state index contributed by atoms with van der Waals surface area (Å²) in [6.45, 7) is 14.0. The predicted octanol–water partition coefficient (Wildman–Crippen LogP) is 9.09.